The highest BCUT2D eigenvalue weighted by Crippen LogP contribution is 2.31. The van der Waals surface area contributed by atoms with E-state index < -0.39 is 0 Å². The molecule has 6 heteroatoms. The van der Waals surface area contributed by atoms with Crippen LogP contribution in [0.1, 0.15) is 17.4 Å². The van der Waals surface area contributed by atoms with E-state index in [0.29, 0.717) is 0 Å². The molecule has 1 atom stereocenters. The van der Waals surface area contributed by atoms with Crippen molar-refractivity contribution in [1.29, 1.82) is 0 Å². The second-order valence-electron chi connectivity index (χ2n) is 4.10. The fraction of sp³-hybridized carbons (Fsp3) is 0.308. The van der Waals surface area contributed by atoms with E-state index >= 15 is 0 Å². The number of hydrogen-bond acceptors (Lipinski definition) is 5. The molecule has 0 aliphatic rings. The van der Waals surface area contributed by atoms with Crippen LogP contribution in [0.25, 0.3) is 0 Å². The van der Waals surface area contributed by atoms with E-state index in [4.69, 9.17) is 15.3 Å². The Morgan fingerprint density at radius 3 is 2.63 bits per heavy atom. The smallest absolute Gasteiger partial charge is 0.131 e. The van der Waals surface area contributed by atoms with Crippen molar-refractivity contribution in [3.8, 4) is 11.5 Å². The molecule has 0 aliphatic heterocycles. The molecule has 0 bridgehead atoms. The summed E-state index contributed by atoms with van der Waals surface area (Å²) >= 11 is 0. The molecule has 6 nitrogen and oxygen atoms in total. The predicted molar refractivity (Wildman–Crippen MR) is 71.9 cm³/mol. The van der Waals surface area contributed by atoms with Crippen molar-refractivity contribution in [3.63, 3.8) is 0 Å². The van der Waals surface area contributed by atoms with Crippen LogP contribution in [0.3, 0.4) is 0 Å². The van der Waals surface area contributed by atoms with Gasteiger partial charge in [0.15, 0.2) is 0 Å². The zero-order valence-corrected chi connectivity index (χ0v) is 11.3. The number of imidazole rings is 1. The summed E-state index contributed by atoms with van der Waals surface area (Å²) in [5, 5.41) is 0. The summed E-state index contributed by atoms with van der Waals surface area (Å²) in [4.78, 5) is 4.32. The molecule has 0 fully saturated rings. The first-order chi connectivity index (χ1) is 9.21. The van der Waals surface area contributed by atoms with Gasteiger partial charge >= 0.3 is 0 Å². The van der Waals surface area contributed by atoms with Gasteiger partial charge in [0.2, 0.25) is 0 Å². The summed E-state index contributed by atoms with van der Waals surface area (Å²) in [6.07, 6.45) is 3.60. The second-order valence-corrected chi connectivity index (χ2v) is 4.10. The maximum atomic E-state index is 5.68. The Morgan fingerprint density at radius 1 is 1.32 bits per heavy atom. The minimum absolute atomic E-state index is 0.273. The fourth-order valence-corrected chi connectivity index (χ4v) is 2.02. The molecule has 3 N–H and O–H groups in total. The molecule has 0 spiro atoms. The van der Waals surface area contributed by atoms with E-state index in [0.717, 1.165) is 22.9 Å². The molecule has 0 saturated heterocycles. The van der Waals surface area contributed by atoms with Crippen LogP contribution in [0.4, 0.5) is 0 Å². The molecule has 1 unspecified atom stereocenters. The predicted octanol–water partition coefficient (Wildman–Crippen LogP) is 0.990. The van der Waals surface area contributed by atoms with E-state index in [9.17, 15) is 0 Å². The van der Waals surface area contributed by atoms with Crippen LogP contribution in [0.2, 0.25) is 0 Å². The molecule has 0 aliphatic carbocycles. The largest absolute Gasteiger partial charge is 0.497 e. The van der Waals surface area contributed by atoms with Gasteiger partial charge in [0.1, 0.15) is 23.4 Å². The first kappa shape index (κ1) is 13.4. The average Bonchev–Trinajstić information content (AvgIpc) is 2.86. The number of benzene rings is 1. The summed E-state index contributed by atoms with van der Waals surface area (Å²) in [7, 11) is 5.16. The Balaban J connectivity index is 2.51. The normalized spacial score (nSPS) is 12.2. The van der Waals surface area contributed by atoms with Crippen LogP contribution in [0.5, 0.6) is 11.5 Å². The van der Waals surface area contributed by atoms with Crippen molar-refractivity contribution in [2.45, 2.75) is 6.04 Å². The van der Waals surface area contributed by atoms with Crippen molar-refractivity contribution in [1.82, 2.24) is 15.0 Å². The molecule has 0 amide bonds. The van der Waals surface area contributed by atoms with Crippen molar-refractivity contribution >= 4 is 0 Å². The molecule has 1 aromatic carbocycles. The lowest BCUT2D eigenvalue weighted by atomic mass is 10.0. The quantitative estimate of drug-likeness (QED) is 0.621. The second kappa shape index (κ2) is 5.73. The van der Waals surface area contributed by atoms with E-state index in [2.05, 4.69) is 10.4 Å². The minimum Gasteiger partial charge on any atom is -0.497 e. The number of ether oxygens (including phenoxy) is 2. The van der Waals surface area contributed by atoms with Crippen molar-refractivity contribution in [2.75, 3.05) is 14.2 Å². The Labute approximate surface area is 112 Å². The molecule has 1 heterocycles. The van der Waals surface area contributed by atoms with Gasteiger partial charge < -0.3 is 14.0 Å². The van der Waals surface area contributed by atoms with Gasteiger partial charge in [-0.2, -0.15) is 0 Å². The third-order valence-electron chi connectivity index (χ3n) is 3.03. The standard InChI is InChI=1S/C13H18N4O2/c1-17-7-6-15-13(17)12(16-14)10-8-9(18-2)4-5-11(10)19-3/h4-8,12,16H,14H2,1-3H3. The van der Waals surface area contributed by atoms with Crippen LogP contribution in [0.15, 0.2) is 30.6 Å². The average molecular weight is 262 g/mol. The van der Waals surface area contributed by atoms with E-state index in [1.54, 1.807) is 20.4 Å². The van der Waals surface area contributed by atoms with Crippen molar-refractivity contribution in [2.24, 2.45) is 12.9 Å². The summed E-state index contributed by atoms with van der Waals surface area (Å²) in [6.45, 7) is 0. The van der Waals surface area contributed by atoms with Gasteiger partial charge in [-0.1, -0.05) is 0 Å². The molecular weight excluding hydrogens is 244 g/mol. The molecule has 0 radical (unpaired) electrons. The Morgan fingerprint density at radius 2 is 2.11 bits per heavy atom. The first-order valence-corrected chi connectivity index (χ1v) is 5.86. The fourth-order valence-electron chi connectivity index (χ4n) is 2.02. The minimum atomic E-state index is -0.273. The molecule has 102 valence electrons. The van der Waals surface area contributed by atoms with Gasteiger partial charge in [0.25, 0.3) is 0 Å². The SMILES string of the molecule is COc1ccc(OC)c(C(NN)c2nccn2C)c1. The monoisotopic (exact) mass is 262 g/mol. The Hall–Kier alpha value is -2.05. The van der Waals surface area contributed by atoms with E-state index in [-0.39, 0.29) is 6.04 Å². The van der Waals surface area contributed by atoms with E-state index in [1.807, 2.05) is 36.0 Å². The van der Waals surface area contributed by atoms with Gasteiger partial charge in [-0.05, 0) is 18.2 Å². The molecule has 2 rings (SSSR count). The van der Waals surface area contributed by atoms with Crippen molar-refractivity contribution in [3.05, 3.63) is 42.0 Å². The number of hydrazine groups is 1. The third-order valence-corrected chi connectivity index (χ3v) is 3.03. The third kappa shape index (κ3) is 2.54. The molecule has 0 saturated carbocycles. The van der Waals surface area contributed by atoms with Gasteiger partial charge in [0, 0.05) is 25.0 Å². The number of methoxy groups -OCH3 is 2. The number of nitrogens with two attached hydrogens (primary N) is 1. The van der Waals surface area contributed by atoms with Crippen molar-refractivity contribution < 1.29 is 9.47 Å². The molecular formula is C13H18N4O2. The van der Waals surface area contributed by atoms with Crippen LogP contribution < -0.4 is 20.7 Å². The lowest BCUT2D eigenvalue weighted by Gasteiger charge is -2.19. The Kier molecular flexibility index (Phi) is 4.03. The summed E-state index contributed by atoms with van der Waals surface area (Å²) in [5.41, 5.74) is 3.64. The van der Waals surface area contributed by atoms with Crippen LogP contribution in [-0.4, -0.2) is 23.8 Å². The Bertz CT molecular complexity index is 553. The molecule has 19 heavy (non-hydrogen) atoms. The van der Waals surface area contributed by atoms with Gasteiger partial charge in [-0.15, -0.1) is 0 Å². The van der Waals surface area contributed by atoms with E-state index in [1.165, 1.54) is 0 Å². The number of rotatable bonds is 5. The highest BCUT2D eigenvalue weighted by atomic mass is 16.5. The maximum Gasteiger partial charge on any atom is 0.131 e. The molecule has 2 aromatic rings. The summed E-state index contributed by atoms with van der Waals surface area (Å²) in [5.74, 6) is 7.95. The highest BCUT2D eigenvalue weighted by Gasteiger charge is 2.21. The zero-order valence-electron chi connectivity index (χ0n) is 11.3. The van der Waals surface area contributed by atoms with Gasteiger partial charge in [-0.3, -0.25) is 5.84 Å². The topological polar surface area (TPSA) is 74.3 Å². The zero-order chi connectivity index (χ0) is 13.8. The number of aromatic nitrogens is 2. The van der Waals surface area contributed by atoms with Gasteiger partial charge in [0.05, 0.1) is 14.2 Å². The number of nitrogens with one attached hydrogen (secondary N) is 1. The first-order valence-electron chi connectivity index (χ1n) is 5.86. The number of nitrogens with zero attached hydrogens (tertiary/aromatic N) is 2. The summed E-state index contributed by atoms with van der Waals surface area (Å²) in [6, 6.07) is 5.30. The summed E-state index contributed by atoms with van der Waals surface area (Å²) < 4.78 is 12.5. The van der Waals surface area contributed by atoms with Crippen LogP contribution in [0, 0.1) is 0 Å². The lowest BCUT2D eigenvalue weighted by Crippen LogP contribution is -2.31. The van der Waals surface area contributed by atoms with Gasteiger partial charge in [-0.25, -0.2) is 10.4 Å². The lowest BCUT2D eigenvalue weighted by molar-refractivity contribution is 0.392. The molecule has 1 aromatic heterocycles. The number of hydrogen-bond donors (Lipinski definition) is 2. The van der Waals surface area contributed by atoms with Crippen LogP contribution >= 0.6 is 0 Å². The number of aryl methyl sites for hydroxylation is 1. The maximum absolute atomic E-state index is 5.68. The highest BCUT2D eigenvalue weighted by molar-refractivity contribution is 5.44. The van der Waals surface area contributed by atoms with Crippen LogP contribution in [-0.2, 0) is 7.05 Å².